The van der Waals surface area contributed by atoms with Crippen molar-refractivity contribution in [1.29, 1.82) is 0 Å². The molecule has 3 aromatic rings. The van der Waals surface area contributed by atoms with Gasteiger partial charge in [-0.3, -0.25) is 9.98 Å². The summed E-state index contributed by atoms with van der Waals surface area (Å²) in [5.41, 5.74) is 3.71. The SMILES string of the molecule is COc1ccc(OC)c(-c2csc(=NC3CCCCC3)n2/N=C(/C)c2cccnc2)c1. The molecule has 1 aliphatic carbocycles. The van der Waals surface area contributed by atoms with Gasteiger partial charge in [0.15, 0.2) is 0 Å². The molecule has 1 aromatic carbocycles. The molecular formula is C24H28N4O2S. The van der Waals surface area contributed by atoms with E-state index < -0.39 is 0 Å². The van der Waals surface area contributed by atoms with Crippen LogP contribution < -0.4 is 14.3 Å². The first kappa shape index (κ1) is 21.3. The van der Waals surface area contributed by atoms with Gasteiger partial charge in [-0.25, -0.2) is 4.68 Å². The molecule has 0 aliphatic heterocycles. The van der Waals surface area contributed by atoms with Crippen LogP contribution in [0.5, 0.6) is 11.5 Å². The number of hydrogen-bond acceptors (Lipinski definition) is 6. The van der Waals surface area contributed by atoms with Crippen molar-refractivity contribution in [2.75, 3.05) is 14.2 Å². The number of thiazole rings is 1. The summed E-state index contributed by atoms with van der Waals surface area (Å²) in [5.74, 6) is 1.54. The number of hydrogen-bond donors (Lipinski definition) is 0. The second-order valence-corrected chi connectivity index (χ2v) is 8.47. The van der Waals surface area contributed by atoms with Gasteiger partial charge in [0.25, 0.3) is 0 Å². The highest BCUT2D eigenvalue weighted by Gasteiger charge is 2.17. The average Bonchev–Trinajstić information content (AvgIpc) is 3.21. The third-order valence-electron chi connectivity index (χ3n) is 5.56. The van der Waals surface area contributed by atoms with Crippen LogP contribution in [0, 0.1) is 0 Å². The van der Waals surface area contributed by atoms with E-state index in [9.17, 15) is 0 Å². The maximum Gasteiger partial charge on any atom is 0.206 e. The summed E-state index contributed by atoms with van der Waals surface area (Å²) < 4.78 is 13.1. The van der Waals surface area contributed by atoms with Crippen LogP contribution in [-0.2, 0) is 0 Å². The summed E-state index contributed by atoms with van der Waals surface area (Å²) >= 11 is 1.61. The Labute approximate surface area is 186 Å². The molecule has 0 atom stereocenters. The Hall–Kier alpha value is -2.93. The molecule has 1 aliphatic rings. The predicted octanol–water partition coefficient (Wildman–Crippen LogP) is 5.13. The minimum atomic E-state index is 0.354. The summed E-state index contributed by atoms with van der Waals surface area (Å²) in [5, 5.41) is 7.07. The lowest BCUT2D eigenvalue weighted by Gasteiger charge is -2.17. The minimum Gasteiger partial charge on any atom is -0.497 e. The molecular weight excluding hydrogens is 408 g/mol. The summed E-state index contributed by atoms with van der Waals surface area (Å²) in [7, 11) is 3.35. The van der Waals surface area contributed by atoms with Gasteiger partial charge in [-0.2, -0.15) is 5.10 Å². The van der Waals surface area contributed by atoms with Gasteiger partial charge in [0, 0.05) is 28.9 Å². The van der Waals surface area contributed by atoms with Gasteiger partial charge >= 0.3 is 0 Å². The fraction of sp³-hybridized carbons (Fsp3) is 0.375. The molecule has 0 amide bonds. The lowest BCUT2D eigenvalue weighted by Crippen LogP contribution is -2.20. The maximum atomic E-state index is 5.65. The topological polar surface area (TPSA) is 61.0 Å². The van der Waals surface area contributed by atoms with E-state index in [4.69, 9.17) is 19.6 Å². The normalized spacial score (nSPS) is 15.8. The molecule has 6 nitrogen and oxygen atoms in total. The van der Waals surface area contributed by atoms with Crippen molar-refractivity contribution in [3.05, 3.63) is 58.5 Å². The number of benzene rings is 1. The molecule has 0 spiro atoms. The summed E-state index contributed by atoms with van der Waals surface area (Å²) in [6.07, 6.45) is 9.67. The zero-order chi connectivity index (χ0) is 21.6. The number of methoxy groups -OCH3 is 2. The Morgan fingerprint density at radius 2 is 1.97 bits per heavy atom. The molecule has 1 fully saturated rings. The van der Waals surface area contributed by atoms with Gasteiger partial charge in [-0.1, -0.05) is 25.3 Å². The van der Waals surface area contributed by atoms with E-state index in [0.29, 0.717) is 6.04 Å². The standard InChI is InChI=1S/C24H28N4O2S/c1-17(18-8-7-13-25-15-18)27-28-22(21-14-20(29-2)11-12-23(21)30-3)16-31-24(28)26-19-9-5-4-6-10-19/h7-8,11-16,19H,4-6,9-10H2,1-3H3/b26-24?,27-17-. The van der Waals surface area contributed by atoms with E-state index in [1.54, 1.807) is 31.8 Å². The third kappa shape index (κ3) is 4.88. The highest BCUT2D eigenvalue weighted by molar-refractivity contribution is 7.07. The van der Waals surface area contributed by atoms with E-state index in [1.165, 1.54) is 19.3 Å². The Kier molecular flexibility index (Phi) is 6.82. The van der Waals surface area contributed by atoms with E-state index in [1.807, 2.05) is 48.1 Å². The first-order valence-electron chi connectivity index (χ1n) is 10.6. The quantitative estimate of drug-likeness (QED) is 0.503. The molecule has 2 aromatic heterocycles. The highest BCUT2D eigenvalue weighted by atomic mass is 32.1. The molecule has 2 heterocycles. The minimum absolute atomic E-state index is 0.354. The largest absolute Gasteiger partial charge is 0.497 e. The van der Waals surface area contributed by atoms with Crippen molar-refractivity contribution in [2.45, 2.75) is 45.1 Å². The average molecular weight is 437 g/mol. The number of ether oxygens (including phenoxy) is 2. The number of rotatable bonds is 6. The molecule has 31 heavy (non-hydrogen) atoms. The van der Waals surface area contributed by atoms with E-state index in [2.05, 4.69) is 10.4 Å². The van der Waals surface area contributed by atoms with Crippen LogP contribution in [0.3, 0.4) is 0 Å². The molecule has 0 bridgehead atoms. The van der Waals surface area contributed by atoms with Gasteiger partial charge in [-0.15, -0.1) is 11.3 Å². The van der Waals surface area contributed by atoms with Crippen molar-refractivity contribution in [3.63, 3.8) is 0 Å². The van der Waals surface area contributed by atoms with E-state index >= 15 is 0 Å². The first-order valence-corrected chi connectivity index (χ1v) is 11.5. The number of pyridine rings is 1. The molecule has 0 N–H and O–H groups in total. The van der Waals surface area contributed by atoms with Crippen LogP contribution in [0.1, 0.15) is 44.6 Å². The molecule has 162 valence electrons. The van der Waals surface area contributed by atoms with Crippen molar-refractivity contribution < 1.29 is 9.47 Å². The highest BCUT2D eigenvalue weighted by Crippen LogP contribution is 2.34. The van der Waals surface area contributed by atoms with Crippen LogP contribution in [0.2, 0.25) is 0 Å². The van der Waals surface area contributed by atoms with Gasteiger partial charge < -0.3 is 9.47 Å². The lowest BCUT2D eigenvalue weighted by molar-refractivity contribution is 0.404. The fourth-order valence-corrected chi connectivity index (χ4v) is 4.73. The van der Waals surface area contributed by atoms with Gasteiger partial charge in [-0.05, 0) is 44.0 Å². The van der Waals surface area contributed by atoms with Crippen LogP contribution >= 0.6 is 11.3 Å². The number of nitrogens with zero attached hydrogens (tertiary/aromatic N) is 4. The Bertz CT molecular complexity index is 1110. The Morgan fingerprint density at radius 1 is 1.13 bits per heavy atom. The monoisotopic (exact) mass is 436 g/mol. The zero-order valence-corrected chi connectivity index (χ0v) is 19.1. The Balaban J connectivity index is 1.88. The molecule has 0 radical (unpaired) electrons. The van der Waals surface area contributed by atoms with Crippen LogP contribution in [0.15, 0.2) is 58.2 Å². The van der Waals surface area contributed by atoms with E-state index in [-0.39, 0.29) is 0 Å². The molecule has 7 heteroatoms. The number of aromatic nitrogens is 2. The summed E-state index contributed by atoms with van der Waals surface area (Å²) in [6.45, 7) is 2.00. The summed E-state index contributed by atoms with van der Waals surface area (Å²) in [4.78, 5) is 10.2. The first-order chi connectivity index (χ1) is 15.2. The summed E-state index contributed by atoms with van der Waals surface area (Å²) in [6, 6.07) is 10.1. The molecule has 1 saturated carbocycles. The zero-order valence-electron chi connectivity index (χ0n) is 18.2. The van der Waals surface area contributed by atoms with E-state index in [0.717, 1.165) is 51.7 Å². The van der Waals surface area contributed by atoms with Gasteiger partial charge in [0.1, 0.15) is 11.5 Å². The van der Waals surface area contributed by atoms with Crippen LogP contribution in [-0.4, -0.2) is 35.6 Å². The van der Waals surface area contributed by atoms with Crippen molar-refractivity contribution in [3.8, 4) is 22.8 Å². The lowest BCUT2D eigenvalue weighted by atomic mass is 9.96. The molecule has 0 saturated heterocycles. The maximum absolute atomic E-state index is 5.65. The second kappa shape index (κ2) is 9.92. The van der Waals surface area contributed by atoms with Crippen LogP contribution in [0.4, 0.5) is 0 Å². The van der Waals surface area contributed by atoms with Gasteiger partial charge in [0.2, 0.25) is 4.80 Å². The van der Waals surface area contributed by atoms with Crippen molar-refractivity contribution in [1.82, 2.24) is 9.66 Å². The second-order valence-electron chi connectivity index (χ2n) is 7.63. The third-order valence-corrected chi connectivity index (χ3v) is 6.40. The Morgan fingerprint density at radius 3 is 2.68 bits per heavy atom. The van der Waals surface area contributed by atoms with Gasteiger partial charge in [0.05, 0.1) is 31.7 Å². The smallest absolute Gasteiger partial charge is 0.206 e. The molecule has 0 unspecified atom stereocenters. The van der Waals surface area contributed by atoms with Crippen molar-refractivity contribution >= 4 is 17.0 Å². The van der Waals surface area contributed by atoms with Crippen molar-refractivity contribution in [2.24, 2.45) is 10.1 Å². The fourth-order valence-electron chi connectivity index (χ4n) is 3.84. The molecule has 4 rings (SSSR count). The predicted molar refractivity (Wildman–Crippen MR) is 125 cm³/mol. The van der Waals surface area contributed by atoms with Crippen LogP contribution in [0.25, 0.3) is 11.3 Å².